The first-order chi connectivity index (χ1) is 14.8. The molecule has 0 aliphatic carbocycles. The second kappa shape index (κ2) is 13.2. The molecule has 1 aromatic carbocycles. The molecule has 1 amide bonds. The molecule has 172 valence electrons. The Morgan fingerprint density at radius 1 is 1.29 bits per heavy atom. The fourth-order valence-corrected chi connectivity index (χ4v) is 2.89. The van der Waals surface area contributed by atoms with E-state index < -0.39 is 28.5 Å². The third kappa shape index (κ3) is 7.54. The highest BCUT2D eigenvalue weighted by Gasteiger charge is 2.34. The number of carbonyl (C=O) groups is 3. The van der Waals surface area contributed by atoms with E-state index in [9.17, 15) is 24.5 Å². The molecule has 1 aliphatic heterocycles. The van der Waals surface area contributed by atoms with Crippen LogP contribution in [0.1, 0.15) is 62.7 Å². The molecule has 0 saturated carbocycles. The molecule has 0 bridgehead atoms. The highest BCUT2D eigenvalue weighted by molar-refractivity contribution is 6.00. The number of carbonyl (C=O) groups excluding carboxylic acids is 2. The average Bonchev–Trinajstić information content (AvgIpc) is 3.24. The Balaban J connectivity index is 0.00000110. The van der Waals surface area contributed by atoms with Crippen molar-refractivity contribution in [1.29, 1.82) is 0 Å². The van der Waals surface area contributed by atoms with Crippen LogP contribution in [0.15, 0.2) is 12.1 Å². The van der Waals surface area contributed by atoms with E-state index in [1.807, 2.05) is 0 Å². The molecule has 1 atom stereocenters. The number of carboxylic acid groups (broad SMARTS) is 1. The van der Waals surface area contributed by atoms with E-state index in [1.54, 1.807) is 0 Å². The third-order valence-electron chi connectivity index (χ3n) is 4.72. The fourth-order valence-electron chi connectivity index (χ4n) is 2.89. The van der Waals surface area contributed by atoms with Crippen molar-refractivity contribution < 1.29 is 33.9 Å². The van der Waals surface area contributed by atoms with Crippen molar-refractivity contribution >= 4 is 23.9 Å². The van der Waals surface area contributed by atoms with Gasteiger partial charge in [-0.05, 0) is 19.3 Å². The number of nitrogens with zero attached hydrogens (tertiary/aromatic N) is 2. The van der Waals surface area contributed by atoms with Crippen molar-refractivity contribution in [2.75, 3.05) is 20.3 Å². The molecule has 1 N–H and O–H groups in total. The van der Waals surface area contributed by atoms with Crippen LogP contribution in [-0.2, 0) is 9.59 Å². The first kappa shape index (κ1) is 25.9. The van der Waals surface area contributed by atoms with E-state index >= 15 is 0 Å². The third-order valence-corrected chi connectivity index (χ3v) is 4.72. The van der Waals surface area contributed by atoms with Gasteiger partial charge in [-0.2, -0.15) is 0 Å². The summed E-state index contributed by atoms with van der Waals surface area (Å²) in [6.07, 6.45) is 4.56. The zero-order valence-electron chi connectivity index (χ0n) is 18.2. The topological polar surface area (TPSA) is 136 Å². The maximum absolute atomic E-state index is 12.8. The van der Waals surface area contributed by atoms with Gasteiger partial charge in [-0.1, -0.05) is 26.7 Å². The van der Waals surface area contributed by atoms with Crippen molar-refractivity contribution in [1.82, 2.24) is 4.90 Å². The zero-order chi connectivity index (χ0) is 23.4. The van der Waals surface area contributed by atoms with Crippen LogP contribution < -0.4 is 9.47 Å². The SMILES string of the molecule is CCCC.COc1cc(C(=O)N2CCC[C@H]2C=O)c([N+](=O)[O-])cc1OCCCC(=O)O. The number of methoxy groups -OCH3 is 1. The van der Waals surface area contributed by atoms with Crippen molar-refractivity contribution in [3.05, 3.63) is 27.8 Å². The molecule has 0 aromatic heterocycles. The van der Waals surface area contributed by atoms with Gasteiger partial charge in [0.05, 0.1) is 30.7 Å². The largest absolute Gasteiger partial charge is 0.493 e. The Morgan fingerprint density at radius 2 is 1.97 bits per heavy atom. The molecular formula is C21H30N2O8. The number of aldehydes is 1. The Labute approximate surface area is 181 Å². The van der Waals surface area contributed by atoms with Crippen LogP contribution >= 0.6 is 0 Å². The van der Waals surface area contributed by atoms with Crippen LogP contribution in [0, 0.1) is 10.1 Å². The molecule has 10 heteroatoms. The number of carboxylic acids is 1. The molecule has 0 spiro atoms. The van der Waals surface area contributed by atoms with Gasteiger partial charge in [0.2, 0.25) is 0 Å². The maximum Gasteiger partial charge on any atom is 0.303 e. The molecule has 1 aliphatic rings. The van der Waals surface area contributed by atoms with Gasteiger partial charge in [0, 0.05) is 19.0 Å². The van der Waals surface area contributed by atoms with Gasteiger partial charge in [0.15, 0.2) is 11.5 Å². The lowest BCUT2D eigenvalue weighted by Gasteiger charge is -2.21. The number of likely N-dealkylation sites (tertiary alicyclic amines) is 1. The summed E-state index contributed by atoms with van der Waals surface area (Å²) in [5.74, 6) is -1.44. The monoisotopic (exact) mass is 438 g/mol. The lowest BCUT2D eigenvalue weighted by molar-refractivity contribution is -0.385. The summed E-state index contributed by atoms with van der Waals surface area (Å²) in [7, 11) is 1.32. The lowest BCUT2D eigenvalue weighted by Crippen LogP contribution is -2.36. The molecule has 0 unspecified atom stereocenters. The van der Waals surface area contributed by atoms with Gasteiger partial charge in [-0.15, -0.1) is 0 Å². The number of hydrogen-bond acceptors (Lipinski definition) is 7. The molecule has 31 heavy (non-hydrogen) atoms. The minimum absolute atomic E-state index is 0.0203. The van der Waals surface area contributed by atoms with Gasteiger partial charge in [0.1, 0.15) is 11.8 Å². The first-order valence-electron chi connectivity index (χ1n) is 10.3. The number of unbranched alkanes of at least 4 members (excludes halogenated alkanes) is 1. The highest BCUT2D eigenvalue weighted by Crippen LogP contribution is 2.36. The number of amides is 1. The van der Waals surface area contributed by atoms with E-state index in [4.69, 9.17) is 14.6 Å². The summed E-state index contributed by atoms with van der Waals surface area (Å²) in [5, 5.41) is 20.1. The zero-order valence-corrected chi connectivity index (χ0v) is 18.2. The fraction of sp³-hybridized carbons (Fsp3) is 0.571. The Kier molecular flexibility index (Phi) is 11.0. The van der Waals surface area contributed by atoms with Crippen molar-refractivity contribution in [3.63, 3.8) is 0 Å². The van der Waals surface area contributed by atoms with Crippen LogP contribution in [0.25, 0.3) is 0 Å². The minimum atomic E-state index is -0.979. The lowest BCUT2D eigenvalue weighted by atomic mass is 10.1. The number of nitro benzene ring substituents is 1. The molecule has 1 heterocycles. The van der Waals surface area contributed by atoms with Crippen LogP contribution in [0.2, 0.25) is 0 Å². The van der Waals surface area contributed by atoms with Crippen LogP contribution in [0.5, 0.6) is 11.5 Å². The van der Waals surface area contributed by atoms with Crippen molar-refractivity contribution in [2.24, 2.45) is 0 Å². The van der Waals surface area contributed by atoms with E-state index in [2.05, 4.69) is 13.8 Å². The molecule has 0 radical (unpaired) electrons. The molecular weight excluding hydrogens is 408 g/mol. The van der Waals surface area contributed by atoms with Gasteiger partial charge < -0.3 is 24.3 Å². The van der Waals surface area contributed by atoms with Crippen LogP contribution in [0.4, 0.5) is 5.69 Å². The highest BCUT2D eigenvalue weighted by atomic mass is 16.6. The van der Waals surface area contributed by atoms with Gasteiger partial charge in [0.25, 0.3) is 11.6 Å². The smallest absolute Gasteiger partial charge is 0.303 e. The number of benzene rings is 1. The van der Waals surface area contributed by atoms with E-state index in [-0.39, 0.29) is 36.5 Å². The second-order valence-corrected chi connectivity index (χ2v) is 6.97. The number of ether oxygens (including phenoxy) is 2. The predicted octanol–water partition coefficient (Wildman–Crippen LogP) is 3.46. The second-order valence-electron chi connectivity index (χ2n) is 6.97. The van der Waals surface area contributed by atoms with Crippen molar-refractivity contribution in [3.8, 4) is 11.5 Å². The maximum atomic E-state index is 12.8. The van der Waals surface area contributed by atoms with Gasteiger partial charge in [-0.3, -0.25) is 19.7 Å². The quantitative estimate of drug-likeness (QED) is 0.254. The van der Waals surface area contributed by atoms with Gasteiger partial charge in [-0.25, -0.2) is 0 Å². The predicted molar refractivity (Wildman–Crippen MR) is 113 cm³/mol. The number of nitro groups is 1. The Morgan fingerprint density at radius 3 is 2.48 bits per heavy atom. The van der Waals surface area contributed by atoms with E-state index in [1.165, 1.54) is 30.9 Å². The van der Waals surface area contributed by atoms with E-state index in [0.29, 0.717) is 25.7 Å². The molecule has 1 aromatic rings. The summed E-state index contributed by atoms with van der Waals surface area (Å²) in [6, 6.07) is 1.70. The van der Waals surface area contributed by atoms with E-state index in [0.717, 1.165) is 6.07 Å². The summed E-state index contributed by atoms with van der Waals surface area (Å²) < 4.78 is 10.6. The van der Waals surface area contributed by atoms with Crippen molar-refractivity contribution in [2.45, 2.75) is 58.4 Å². The summed E-state index contributed by atoms with van der Waals surface area (Å²) in [4.78, 5) is 46.5. The number of rotatable bonds is 10. The number of hydrogen-bond donors (Lipinski definition) is 1. The molecule has 1 fully saturated rings. The summed E-state index contributed by atoms with van der Waals surface area (Å²) in [5.41, 5.74) is -0.658. The molecule has 1 saturated heterocycles. The first-order valence-corrected chi connectivity index (χ1v) is 10.3. The standard InChI is InChI=1S/C17H20N2O8.C4H10/c1-26-14-8-12(17(23)18-6-2-4-11(18)10-20)13(19(24)25)9-15(14)27-7-3-5-16(21)22;1-3-4-2/h8-11H,2-7H2,1H3,(H,21,22);3-4H2,1-2H3/t11-;/m0./s1. The van der Waals surface area contributed by atoms with Crippen LogP contribution in [0.3, 0.4) is 0 Å². The number of aliphatic carboxylic acids is 1. The normalized spacial score (nSPS) is 14.9. The van der Waals surface area contributed by atoms with Crippen LogP contribution in [-0.4, -0.2) is 59.4 Å². The summed E-state index contributed by atoms with van der Waals surface area (Å²) in [6.45, 7) is 4.72. The Hall–Kier alpha value is -3.17. The summed E-state index contributed by atoms with van der Waals surface area (Å²) >= 11 is 0. The Bertz CT molecular complexity index is 779. The molecule has 10 nitrogen and oxygen atoms in total. The van der Waals surface area contributed by atoms with Gasteiger partial charge >= 0.3 is 5.97 Å². The average molecular weight is 438 g/mol. The molecule has 2 rings (SSSR count). The minimum Gasteiger partial charge on any atom is -0.493 e.